The van der Waals surface area contributed by atoms with Gasteiger partial charge in [0.25, 0.3) is 0 Å². The molecule has 0 saturated heterocycles. The highest BCUT2D eigenvalue weighted by atomic mass is 16.2. The first-order valence-corrected chi connectivity index (χ1v) is 8.95. The summed E-state index contributed by atoms with van der Waals surface area (Å²) in [5.41, 5.74) is 4.93. The molecule has 0 heterocycles. The average molecular weight is 353 g/mol. The molecule has 26 heavy (non-hydrogen) atoms. The Hall–Kier alpha value is -2.82. The van der Waals surface area contributed by atoms with Crippen molar-refractivity contribution in [3.8, 4) is 0 Å². The van der Waals surface area contributed by atoms with Crippen molar-refractivity contribution < 1.29 is 9.59 Å². The van der Waals surface area contributed by atoms with Gasteiger partial charge in [0.1, 0.15) is 0 Å². The lowest BCUT2D eigenvalue weighted by Gasteiger charge is -2.21. The van der Waals surface area contributed by atoms with Gasteiger partial charge in [-0.1, -0.05) is 18.2 Å². The van der Waals surface area contributed by atoms with Gasteiger partial charge in [-0.2, -0.15) is 0 Å². The van der Waals surface area contributed by atoms with E-state index < -0.39 is 11.8 Å². The Kier molecular flexibility index (Phi) is 6.78. The highest BCUT2D eigenvalue weighted by Crippen LogP contribution is 2.15. The Morgan fingerprint density at radius 2 is 1.54 bits per heavy atom. The number of hydrogen-bond acceptors (Lipinski definition) is 3. The first kappa shape index (κ1) is 19.5. The van der Waals surface area contributed by atoms with Crippen molar-refractivity contribution in [2.75, 3.05) is 23.3 Å². The largest absolute Gasteiger partial charge is 0.372 e. The van der Waals surface area contributed by atoms with E-state index in [9.17, 15) is 9.59 Å². The molecule has 0 unspecified atom stereocenters. The van der Waals surface area contributed by atoms with Crippen LogP contribution in [0.4, 0.5) is 11.4 Å². The first-order valence-electron chi connectivity index (χ1n) is 8.95. The van der Waals surface area contributed by atoms with Crippen molar-refractivity contribution in [1.82, 2.24) is 5.32 Å². The Morgan fingerprint density at radius 3 is 2.12 bits per heavy atom. The molecule has 0 fully saturated rings. The minimum atomic E-state index is -0.659. The van der Waals surface area contributed by atoms with Gasteiger partial charge in [0.2, 0.25) is 0 Å². The zero-order valence-electron chi connectivity index (χ0n) is 15.9. The van der Waals surface area contributed by atoms with Crippen LogP contribution in [0.3, 0.4) is 0 Å². The zero-order chi connectivity index (χ0) is 19.1. The van der Waals surface area contributed by atoms with E-state index in [1.807, 2.05) is 50.2 Å². The monoisotopic (exact) mass is 353 g/mol. The molecule has 2 aromatic carbocycles. The van der Waals surface area contributed by atoms with E-state index >= 15 is 0 Å². The molecule has 0 aliphatic heterocycles. The predicted octanol–water partition coefficient (Wildman–Crippen LogP) is 3.40. The lowest BCUT2D eigenvalue weighted by Crippen LogP contribution is -2.35. The molecular formula is C21H27N3O2. The van der Waals surface area contributed by atoms with Gasteiger partial charge >= 0.3 is 11.8 Å². The van der Waals surface area contributed by atoms with Crippen molar-refractivity contribution >= 4 is 23.2 Å². The van der Waals surface area contributed by atoms with Gasteiger partial charge in [-0.3, -0.25) is 9.59 Å². The SMILES string of the molecule is CCN(CC)c1ccc(CNC(=O)C(=O)Nc2ccc(C)c(C)c2)cc1. The van der Waals surface area contributed by atoms with Gasteiger partial charge < -0.3 is 15.5 Å². The van der Waals surface area contributed by atoms with Crippen LogP contribution in [0.25, 0.3) is 0 Å². The summed E-state index contributed by atoms with van der Waals surface area (Å²) in [7, 11) is 0. The molecule has 2 aromatic rings. The Morgan fingerprint density at radius 1 is 0.885 bits per heavy atom. The second-order valence-corrected chi connectivity index (χ2v) is 6.27. The lowest BCUT2D eigenvalue weighted by atomic mass is 10.1. The van der Waals surface area contributed by atoms with Crippen LogP contribution in [0.5, 0.6) is 0 Å². The van der Waals surface area contributed by atoms with Gasteiger partial charge in [-0.25, -0.2) is 0 Å². The van der Waals surface area contributed by atoms with Crippen molar-refractivity contribution in [3.63, 3.8) is 0 Å². The zero-order valence-corrected chi connectivity index (χ0v) is 15.9. The Balaban J connectivity index is 1.89. The number of nitrogens with zero attached hydrogens (tertiary/aromatic N) is 1. The van der Waals surface area contributed by atoms with E-state index in [4.69, 9.17) is 0 Å². The number of benzene rings is 2. The molecule has 0 spiro atoms. The average Bonchev–Trinajstić information content (AvgIpc) is 2.64. The third kappa shape index (κ3) is 5.09. The summed E-state index contributed by atoms with van der Waals surface area (Å²) in [6, 6.07) is 13.6. The number of carbonyl (C=O) groups is 2. The lowest BCUT2D eigenvalue weighted by molar-refractivity contribution is -0.136. The smallest absolute Gasteiger partial charge is 0.313 e. The maximum Gasteiger partial charge on any atom is 0.313 e. The third-order valence-corrected chi connectivity index (χ3v) is 4.49. The Bertz CT molecular complexity index is 765. The molecule has 0 aliphatic carbocycles. The van der Waals surface area contributed by atoms with Gasteiger partial charge in [-0.05, 0) is 68.7 Å². The molecule has 0 radical (unpaired) electrons. The predicted molar refractivity (Wildman–Crippen MR) is 106 cm³/mol. The molecule has 0 bridgehead atoms. The number of aryl methyl sites for hydroxylation is 2. The van der Waals surface area contributed by atoms with E-state index in [0.29, 0.717) is 12.2 Å². The number of anilines is 2. The van der Waals surface area contributed by atoms with Gasteiger partial charge in [-0.15, -0.1) is 0 Å². The second-order valence-electron chi connectivity index (χ2n) is 6.27. The summed E-state index contributed by atoms with van der Waals surface area (Å²) in [6.45, 7) is 10.4. The number of hydrogen-bond donors (Lipinski definition) is 2. The topological polar surface area (TPSA) is 61.4 Å². The van der Waals surface area contributed by atoms with Crippen molar-refractivity contribution in [1.29, 1.82) is 0 Å². The Labute approximate surface area is 155 Å². The molecule has 0 saturated carbocycles. The minimum Gasteiger partial charge on any atom is -0.372 e. The van der Waals surface area contributed by atoms with Crippen LogP contribution in [-0.4, -0.2) is 24.9 Å². The van der Waals surface area contributed by atoms with Crippen LogP contribution in [0.2, 0.25) is 0 Å². The standard InChI is InChI=1S/C21H27N3O2/c1-5-24(6-2)19-11-8-17(9-12-19)14-22-20(25)21(26)23-18-10-7-15(3)16(4)13-18/h7-13H,5-6,14H2,1-4H3,(H,22,25)(H,23,26). The van der Waals surface area contributed by atoms with Crippen molar-refractivity contribution in [2.45, 2.75) is 34.2 Å². The molecule has 2 N–H and O–H groups in total. The molecule has 138 valence electrons. The van der Waals surface area contributed by atoms with E-state index in [2.05, 4.69) is 29.4 Å². The fourth-order valence-electron chi connectivity index (χ4n) is 2.68. The third-order valence-electron chi connectivity index (χ3n) is 4.49. The molecule has 5 heteroatoms. The molecule has 0 aromatic heterocycles. The van der Waals surface area contributed by atoms with Crippen LogP contribution >= 0.6 is 0 Å². The van der Waals surface area contributed by atoms with Crippen LogP contribution in [-0.2, 0) is 16.1 Å². The summed E-state index contributed by atoms with van der Waals surface area (Å²) in [4.78, 5) is 26.3. The minimum absolute atomic E-state index is 0.317. The first-order chi connectivity index (χ1) is 12.4. The number of amides is 2. The quantitative estimate of drug-likeness (QED) is 0.783. The summed E-state index contributed by atoms with van der Waals surface area (Å²) in [5, 5.41) is 5.28. The van der Waals surface area contributed by atoms with Gasteiger partial charge in [0.15, 0.2) is 0 Å². The fraction of sp³-hybridized carbons (Fsp3) is 0.333. The van der Waals surface area contributed by atoms with Crippen LogP contribution in [0.1, 0.15) is 30.5 Å². The van der Waals surface area contributed by atoms with Crippen LogP contribution in [0.15, 0.2) is 42.5 Å². The maximum absolute atomic E-state index is 12.0. The van der Waals surface area contributed by atoms with Crippen molar-refractivity contribution in [3.05, 3.63) is 59.2 Å². The van der Waals surface area contributed by atoms with E-state index in [0.717, 1.165) is 35.5 Å². The second kappa shape index (κ2) is 9.04. The number of rotatable bonds is 6. The summed E-state index contributed by atoms with van der Waals surface area (Å²) < 4.78 is 0. The summed E-state index contributed by atoms with van der Waals surface area (Å²) >= 11 is 0. The molecule has 0 atom stereocenters. The highest BCUT2D eigenvalue weighted by Gasteiger charge is 2.13. The molecule has 5 nitrogen and oxygen atoms in total. The number of carbonyl (C=O) groups excluding carboxylic acids is 2. The summed E-state index contributed by atoms with van der Waals surface area (Å²) in [5.74, 6) is -1.30. The van der Waals surface area contributed by atoms with E-state index in [-0.39, 0.29) is 0 Å². The highest BCUT2D eigenvalue weighted by molar-refractivity contribution is 6.39. The van der Waals surface area contributed by atoms with Crippen molar-refractivity contribution in [2.24, 2.45) is 0 Å². The number of nitrogens with one attached hydrogen (secondary N) is 2. The normalized spacial score (nSPS) is 10.3. The van der Waals surface area contributed by atoms with Crippen LogP contribution < -0.4 is 15.5 Å². The maximum atomic E-state index is 12.0. The van der Waals surface area contributed by atoms with E-state index in [1.54, 1.807) is 6.07 Å². The summed E-state index contributed by atoms with van der Waals surface area (Å²) in [6.07, 6.45) is 0. The van der Waals surface area contributed by atoms with Gasteiger partial charge in [0.05, 0.1) is 0 Å². The van der Waals surface area contributed by atoms with E-state index in [1.165, 1.54) is 0 Å². The van der Waals surface area contributed by atoms with Crippen LogP contribution in [0, 0.1) is 13.8 Å². The fourth-order valence-corrected chi connectivity index (χ4v) is 2.68. The molecular weight excluding hydrogens is 326 g/mol. The molecule has 0 aliphatic rings. The van der Waals surface area contributed by atoms with Gasteiger partial charge in [0, 0.05) is 31.0 Å². The molecule has 2 amide bonds. The molecule has 2 rings (SSSR count).